The average Bonchev–Trinajstić information content (AvgIpc) is 2.05. The van der Waals surface area contributed by atoms with Crippen molar-refractivity contribution in [3.63, 3.8) is 0 Å². The van der Waals surface area contributed by atoms with E-state index in [9.17, 15) is 0 Å². The van der Waals surface area contributed by atoms with Crippen LogP contribution in [0.2, 0.25) is 0 Å². The zero-order valence-electron chi connectivity index (χ0n) is 6.78. The Bertz CT molecular complexity index is 237. The van der Waals surface area contributed by atoms with Crippen molar-refractivity contribution in [3.05, 3.63) is 24.3 Å². The summed E-state index contributed by atoms with van der Waals surface area (Å²) in [5, 5.41) is 8.70. The highest BCUT2D eigenvalue weighted by Gasteiger charge is 1.96. The SMILES string of the molecule is CN(C)c1cccc([B]O)c1. The van der Waals surface area contributed by atoms with Gasteiger partial charge in [-0.15, -0.1) is 0 Å². The summed E-state index contributed by atoms with van der Waals surface area (Å²) in [7, 11) is 5.04. The lowest BCUT2D eigenvalue weighted by Crippen LogP contribution is -2.16. The summed E-state index contributed by atoms with van der Waals surface area (Å²) in [6, 6.07) is 7.68. The maximum Gasteiger partial charge on any atom is 0.326 e. The van der Waals surface area contributed by atoms with Crippen LogP contribution in [0.25, 0.3) is 0 Å². The topological polar surface area (TPSA) is 23.5 Å². The van der Waals surface area contributed by atoms with Crippen molar-refractivity contribution in [3.8, 4) is 0 Å². The lowest BCUT2D eigenvalue weighted by Gasteiger charge is -2.12. The summed E-state index contributed by atoms with van der Waals surface area (Å²) in [5.41, 5.74) is 1.92. The van der Waals surface area contributed by atoms with E-state index in [1.54, 1.807) is 0 Å². The zero-order valence-corrected chi connectivity index (χ0v) is 6.78. The molecule has 0 heterocycles. The lowest BCUT2D eigenvalue weighted by atomic mass is 9.88. The highest BCUT2D eigenvalue weighted by molar-refractivity contribution is 6.45. The van der Waals surface area contributed by atoms with Crippen LogP contribution in [0.4, 0.5) is 5.69 Å². The van der Waals surface area contributed by atoms with Gasteiger partial charge in [0.15, 0.2) is 0 Å². The van der Waals surface area contributed by atoms with E-state index in [1.807, 2.05) is 43.3 Å². The van der Waals surface area contributed by atoms with Crippen LogP contribution in [0.15, 0.2) is 24.3 Å². The minimum atomic E-state index is 0.830. The molecule has 1 aromatic carbocycles. The van der Waals surface area contributed by atoms with E-state index < -0.39 is 0 Å². The van der Waals surface area contributed by atoms with Gasteiger partial charge in [0.1, 0.15) is 0 Å². The first-order chi connectivity index (χ1) is 5.24. The predicted molar refractivity (Wildman–Crippen MR) is 48.4 cm³/mol. The van der Waals surface area contributed by atoms with Crippen molar-refractivity contribution in [2.45, 2.75) is 0 Å². The van der Waals surface area contributed by atoms with Gasteiger partial charge in [0.25, 0.3) is 0 Å². The highest BCUT2D eigenvalue weighted by atomic mass is 16.2. The van der Waals surface area contributed by atoms with E-state index in [-0.39, 0.29) is 0 Å². The van der Waals surface area contributed by atoms with Gasteiger partial charge < -0.3 is 9.92 Å². The molecule has 2 nitrogen and oxygen atoms in total. The van der Waals surface area contributed by atoms with Gasteiger partial charge in [-0.05, 0) is 12.1 Å². The van der Waals surface area contributed by atoms with E-state index in [0.29, 0.717) is 0 Å². The average molecular weight is 148 g/mol. The molecule has 0 unspecified atom stereocenters. The van der Waals surface area contributed by atoms with Crippen molar-refractivity contribution in [2.24, 2.45) is 0 Å². The second-order valence-electron chi connectivity index (χ2n) is 2.62. The van der Waals surface area contributed by atoms with Gasteiger partial charge in [-0.1, -0.05) is 17.6 Å². The van der Waals surface area contributed by atoms with Crippen molar-refractivity contribution in [1.82, 2.24) is 0 Å². The van der Waals surface area contributed by atoms with Gasteiger partial charge in [0, 0.05) is 19.8 Å². The van der Waals surface area contributed by atoms with Crippen molar-refractivity contribution < 1.29 is 5.02 Å². The monoisotopic (exact) mass is 148 g/mol. The molecule has 0 aliphatic carbocycles. The van der Waals surface area contributed by atoms with E-state index in [2.05, 4.69) is 0 Å². The van der Waals surface area contributed by atoms with Crippen LogP contribution >= 0.6 is 0 Å². The molecular formula is C8H11BNO. The van der Waals surface area contributed by atoms with E-state index >= 15 is 0 Å². The van der Waals surface area contributed by atoms with Crippen LogP contribution in [0, 0.1) is 0 Å². The number of hydrogen-bond acceptors (Lipinski definition) is 2. The Labute approximate surface area is 67.7 Å². The van der Waals surface area contributed by atoms with Gasteiger partial charge in [0.2, 0.25) is 0 Å². The first-order valence-corrected chi connectivity index (χ1v) is 3.49. The van der Waals surface area contributed by atoms with E-state index in [0.717, 1.165) is 18.6 Å². The third-order valence-corrected chi connectivity index (χ3v) is 1.54. The molecule has 3 heteroatoms. The maximum atomic E-state index is 8.70. The quantitative estimate of drug-likeness (QED) is 0.596. The summed E-state index contributed by atoms with van der Waals surface area (Å²) in [4.78, 5) is 1.99. The molecule has 1 radical (unpaired) electrons. The fourth-order valence-electron chi connectivity index (χ4n) is 0.883. The zero-order chi connectivity index (χ0) is 8.27. The molecule has 0 spiro atoms. The minimum absolute atomic E-state index is 0.830. The second kappa shape index (κ2) is 3.44. The maximum absolute atomic E-state index is 8.70. The van der Waals surface area contributed by atoms with Gasteiger partial charge >= 0.3 is 7.48 Å². The van der Waals surface area contributed by atoms with E-state index in [4.69, 9.17) is 5.02 Å². The molecule has 0 aliphatic heterocycles. The number of nitrogens with zero attached hydrogens (tertiary/aromatic N) is 1. The number of benzene rings is 1. The Morgan fingerprint density at radius 2 is 2.09 bits per heavy atom. The molecule has 0 aromatic heterocycles. The van der Waals surface area contributed by atoms with Crippen molar-refractivity contribution in [1.29, 1.82) is 0 Å². The lowest BCUT2D eigenvalue weighted by molar-refractivity contribution is 0.615. The first-order valence-electron chi connectivity index (χ1n) is 3.49. The van der Waals surface area contributed by atoms with Crippen LogP contribution in [-0.4, -0.2) is 26.6 Å². The molecule has 0 atom stereocenters. The Kier molecular flexibility index (Phi) is 2.55. The molecule has 1 aromatic rings. The number of rotatable bonds is 2. The Balaban J connectivity index is 2.91. The summed E-state index contributed by atoms with van der Waals surface area (Å²) in [6.07, 6.45) is 0. The molecule has 57 valence electrons. The fraction of sp³-hybridized carbons (Fsp3) is 0.250. The van der Waals surface area contributed by atoms with Gasteiger partial charge in [-0.25, -0.2) is 0 Å². The fourth-order valence-corrected chi connectivity index (χ4v) is 0.883. The van der Waals surface area contributed by atoms with Crippen molar-refractivity contribution in [2.75, 3.05) is 19.0 Å². The Hall–Kier alpha value is -0.955. The minimum Gasteiger partial charge on any atom is -0.450 e. The molecule has 0 amide bonds. The first kappa shape index (κ1) is 8.14. The summed E-state index contributed by atoms with van der Waals surface area (Å²) in [6.45, 7) is 0. The Morgan fingerprint density at radius 1 is 1.36 bits per heavy atom. The highest BCUT2D eigenvalue weighted by Crippen LogP contribution is 2.06. The van der Waals surface area contributed by atoms with Gasteiger partial charge in [0.05, 0.1) is 0 Å². The molecule has 1 N–H and O–H groups in total. The standard InChI is InChI=1S/C8H11BNO/c1-10(2)8-5-3-4-7(6-8)9-11/h3-6,11H,1-2H3. The second-order valence-corrected chi connectivity index (χ2v) is 2.62. The predicted octanol–water partition coefficient (Wildman–Crippen LogP) is -0.0106. The largest absolute Gasteiger partial charge is 0.450 e. The van der Waals surface area contributed by atoms with Crippen LogP contribution in [0.1, 0.15) is 0 Å². The summed E-state index contributed by atoms with van der Waals surface area (Å²) >= 11 is 0. The van der Waals surface area contributed by atoms with Gasteiger partial charge in [-0.2, -0.15) is 0 Å². The van der Waals surface area contributed by atoms with Gasteiger partial charge in [-0.3, -0.25) is 0 Å². The molecule has 0 bridgehead atoms. The normalized spacial score (nSPS) is 9.36. The number of hydrogen-bond donors (Lipinski definition) is 1. The van der Waals surface area contributed by atoms with Crippen molar-refractivity contribution >= 4 is 18.6 Å². The third-order valence-electron chi connectivity index (χ3n) is 1.54. The number of anilines is 1. The van der Waals surface area contributed by atoms with Crippen LogP contribution in [0.3, 0.4) is 0 Å². The molecule has 1 rings (SSSR count). The van der Waals surface area contributed by atoms with E-state index in [1.165, 1.54) is 0 Å². The van der Waals surface area contributed by atoms with Crippen LogP contribution in [0.5, 0.6) is 0 Å². The van der Waals surface area contributed by atoms with Crippen LogP contribution < -0.4 is 10.4 Å². The Morgan fingerprint density at radius 3 is 2.64 bits per heavy atom. The molecule has 11 heavy (non-hydrogen) atoms. The summed E-state index contributed by atoms with van der Waals surface area (Å²) in [5.74, 6) is 0. The molecular weight excluding hydrogens is 137 g/mol. The molecule has 0 fully saturated rings. The summed E-state index contributed by atoms with van der Waals surface area (Å²) < 4.78 is 0. The smallest absolute Gasteiger partial charge is 0.326 e. The molecule has 0 saturated carbocycles. The van der Waals surface area contributed by atoms with Crippen LogP contribution in [-0.2, 0) is 0 Å². The molecule has 0 saturated heterocycles. The third kappa shape index (κ3) is 1.98. The molecule has 0 aliphatic rings.